The summed E-state index contributed by atoms with van der Waals surface area (Å²) in [6.07, 6.45) is 1.72. The molecule has 0 aromatic heterocycles. The number of nitrogens with one attached hydrogen (secondary N) is 2. The molecule has 0 spiro atoms. The molecular formula is C16H24N2O3. The molecule has 2 rings (SSSR count). The van der Waals surface area contributed by atoms with Crippen LogP contribution >= 0.6 is 0 Å². The van der Waals surface area contributed by atoms with Crippen molar-refractivity contribution in [3.8, 4) is 11.5 Å². The molecule has 2 N–H and O–H groups in total. The Bertz CT molecular complexity index is 441. The number of hydrogen-bond acceptors (Lipinski definition) is 4. The summed E-state index contributed by atoms with van der Waals surface area (Å²) in [6, 6.07) is 7.22. The molecule has 0 saturated carbocycles. The second-order valence-corrected chi connectivity index (χ2v) is 5.37. The van der Waals surface area contributed by atoms with Crippen molar-refractivity contribution in [1.29, 1.82) is 0 Å². The number of rotatable bonds is 7. The quantitative estimate of drug-likeness (QED) is 0.801. The van der Waals surface area contributed by atoms with E-state index in [1.165, 1.54) is 6.42 Å². The van der Waals surface area contributed by atoms with E-state index in [1.807, 2.05) is 12.1 Å². The number of carbonyl (C=O) groups excluding carboxylic acids is 1. The number of hydrogen-bond donors (Lipinski definition) is 2. The SMILES string of the molecule is COc1ccc(OC(C)C(=O)NCCC2CCNC2)cc1. The fraction of sp³-hybridized carbons (Fsp3) is 0.562. The van der Waals surface area contributed by atoms with Crippen molar-refractivity contribution in [1.82, 2.24) is 10.6 Å². The normalized spacial score (nSPS) is 19.0. The highest BCUT2D eigenvalue weighted by Crippen LogP contribution is 2.18. The first-order chi connectivity index (χ1) is 10.2. The second-order valence-electron chi connectivity index (χ2n) is 5.37. The number of benzene rings is 1. The van der Waals surface area contributed by atoms with Crippen LogP contribution in [0.5, 0.6) is 11.5 Å². The molecule has 5 heteroatoms. The molecule has 0 bridgehead atoms. The molecule has 5 nitrogen and oxygen atoms in total. The first-order valence-electron chi connectivity index (χ1n) is 7.48. The monoisotopic (exact) mass is 292 g/mol. The minimum Gasteiger partial charge on any atom is -0.497 e. The van der Waals surface area contributed by atoms with Crippen molar-refractivity contribution in [2.75, 3.05) is 26.7 Å². The van der Waals surface area contributed by atoms with E-state index in [1.54, 1.807) is 26.2 Å². The van der Waals surface area contributed by atoms with Gasteiger partial charge in [0.15, 0.2) is 6.10 Å². The molecule has 2 unspecified atom stereocenters. The van der Waals surface area contributed by atoms with Gasteiger partial charge < -0.3 is 20.1 Å². The summed E-state index contributed by atoms with van der Waals surface area (Å²) in [7, 11) is 1.62. The van der Waals surface area contributed by atoms with E-state index >= 15 is 0 Å². The van der Waals surface area contributed by atoms with Crippen LogP contribution in [0.1, 0.15) is 19.8 Å². The third kappa shape index (κ3) is 4.93. The Labute approximate surface area is 126 Å². The molecule has 1 aliphatic rings. The Morgan fingerprint density at radius 1 is 1.38 bits per heavy atom. The topological polar surface area (TPSA) is 59.6 Å². The molecule has 116 valence electrons. The van der Waals surface area contributed by atoms with Crippen LogP contribution < -0.4 is 20.1 Å². The van der Waals surface area contributed by atoms with E-state index in [9.17, 15) is 4.79 Å². The van der Waals surface area contributed by atoms with Gasteiger partial charge >= 0.3 is 0 Å². The average Bonchev–Trinajstić information content (AvgIpc) is 3.01. The molecule has 21 heavy (non-hydrogen) atoms. The molecule has 1 fully saturated rings. The number of methoxy groups -OCH3 is 1. The van der Waals surface area contributed by atoms with Gasteiger partial charge in [0.1, 0.15) is 11.5 Å². The lowest BCUT2D eigenvalue weighted by Gasteiger charge is -2.16. The van der Waals surface area contributed by atoms with Gasteiger partial charge in [-0.15, -0.1) is 0 Å². The minimum absolute atomic E-state index is 0.0724. The largest absolute Gasteiger partial charge is 0.497 e. The van der Waals surface area contributed by atoms with Gasteiger partial charge in [-0.3, -0.25) is 4.79 Å². The number of amides is 1. The molecule has 2 atom stereocenters. The summed E-state index contributed by atoms with van der Waals surface area (Å²) in [5, 5.41) is 6.26. The summed E-state index contributed by atoms with van der Waals surface area (Å²) < 4.78 is 10.7. The molecule has 1 saturated heterocycles. The molecule has 0 aliphatic carbocycles. The van der Waals surface area contributed by atoms with E-state index in [4.69, 9.17) is 9.47 Å². The van der Waals surface area contributed by atoms with Crippen LogP contribution in [0.2, 0.25) is 0 Å². The Morgan fingerprint density at radius 3 is 2.71 bits per heavy atom. The highest BCUT2D eigenvalue weighted by atomic mass is 16.5. The van der Waals surface area contributed by atoms with Crippen molar-refractivity contribution in [3.05, 3.63) is 24.3 Å². The van der Waals surface area contributed by atoms with Gasteiger partial charge in [0.25, 0.3) is 5.91 Å². The standard InChI is InChI=1S/C16H24N2O3/c1-12(21-15-5-3-14(20-2)4-6-15)16(19)18-10-8-13-7-9-17-11-13/h3-6,12-13,17H,7-11H2,1-2H3,(H,18,19). The van der Waals surface area contributed by atoms with Crippen LogP contribution in [-0.4, -0.2) is 38.8 Å². The number of ether oxygens (including phenoxy) is 2. The predicted octanol–water partition coefficient (Wildman–Crippen LogP) is 1.58. The van der Waals surface area contributed by atoms with Gasteiger partial charge in [-0.05, 0) is 63.0 Å². The Balaban J connectivity index is 1.70. The summed E-state index contributed by atoms with van der Waals surface area (Å²) in [6.45, 7) is 4.63. The third-order valence-electron chi connectivity index (χ3n) is 3.76. The van der Waals surface area contributed by atoms with Crippen LogP contribution in [0.4, 0.5) is 0 Å². The molecule has 1 aromatic rings. The molecular weight excluding hydrogens is 268 g/mol. The van der Waals surface area contributed by atoms with Crippen LogP contribution in [0.15, 0.2) is 24.3 Å². The Hall–Kier alpha value is -1.75. The maximum Gasteiger partial charge on any atom is 0.260 e. The van der Waals surface area contributed by atoms with Gasteiger partial charge in [-0.1, -0.05) is 0 Å². The number of carbonyl (C=O) groups is 1. The van der Waals surface area contributed by atoms with Crippen molar-refractivity contribution in [2.24, 2.45) is 5.92 Å². The summed E-state index contributed by atoms with van der Waals surface area (Å²) in [4.78, 5) is 12.0. The van der Waals surface area contributed by atoms with Gasteiger partial charge in [0.2, 0.25) is 0 Å². The smallest absolute Gasteiger partial charge is 0.260 e. The first kappa shape index (κ1) is 15.6. The van der Waals surface area contributed by atoms with Crippen molar-refractivity contribution >= 4 is 5.91 Å². The first-order valence-corrected chi connectivity index (χ1v) is 7.48. The van der Waals surface area contributed by atoms with Crippen LogP contribution in [0.3, 0.4) is 0 Å². The summed E-state index contributed by atoms with van der Waals surface area (Å²) in [5.41, 5.74) is 0. The lowest BCUT2D eigenvalue weighted by Crippen LogP contribution is -2.37. The second kappa shape index (κ2) is 7.88. The summed E-state index contributed by atoms with van der Waals surface area (Å²) in [5.74, 6) is 2.04. The summed E-state index contributed by atoms with van der Waals surface area (Å²) >= 11 is 0. The van der Waals surface area contributed by atoms with Crippen LogP contribution in [0.25, 0.3) is 0 Å². The highest BCUT2D eigenvalue weighted by molar-refractivity contribution is 5.80. The third-order valence-corrected chi connectivity index (χ3v) is 3.76. The van der Waals surface area contributed by atoms with E-state index in [-0.39, 0.29) is 5.91 Å². The van der Waals surface area contributed by atoms with Gasteiger partial charge in [-0.25, -0.2) is 0 Å². The Kier molecular flexibility index (Phi) is 5.87. The van der Waals surface area contributed by atoms with Gasteiger partial charge in [0.05, 0.1) is 7.11 Å². The van der Waals surface area contributed by atoms with Crippen molar-refractivity contribution < 1.29 is 14.3 Å². The molecule has 1 heterocycles. The zero-order chi connectivity index (χ0) is 15.1. The maximum absolute atomic E-state index is 12.0. The van der Waals surface area contributed by atoms with E-state index in [2.05, 4.69) is 10.6 Å². The minimum atomic E-state index is -0.500. The fourth-order valence-electron chi connectivity index (χ4n) is 2.42. The molecule has 1 amide bonds. The van der Waals surface area contributed by atoms with Crippen LogP contribution in [0, 0.1) is 5.92 Å². The zero-order valence-corrected chi connectivity index (χ0v) is 12.7. The van der Waals surface area contributed by atoms with Crippen molar-refractivity contribution in [3.63, 3.8) is 0 Å². The molecule has 1 aromatic carbocycles. The van der Waals surface area contributed by atoms with E-state index in [0.29, 0.717) is 18.2 Å². The van der Waals surface area contributed by atoms with E-state index in [0.717, 1.165) is 25.3 Å². The van der Waals surface area contributed by atoms with E-state index < -0.39 is 6.10 Å². The zero-order valence-electron chi connectivity index (χ0n) is 12.7. The maximum atomic E-state index is 12.0. The van der Waals surface area contributed by atoms with Crippen LogP contribution in [-0.2, 0) is 4.79 Å². The molecule has 0 radical (unpaired) electrons. The fourth-order valence-corrected chi connectivity index (χ4v) is 2.42. The highest BCUT2D eigenvalue weighted by Gasteiger charge is 2.17. The Morgan fingerprint density at radius 2 is 2.10 bits per heavy atom. The lowest BCUT2D eigenvalue weighted by molar-refractivity contribution is -0.127. The van der Waals surface area contributed by atoms with Gasteiger partial charge in [0, 0.05) is 6.54 Å². The lowest BCUT2D eigenvalue weighted by atomic mass is 10.1. The van der Waals surface area contributed by atoms with Gasteiger partial charge in [-0.2, -0.15) is 0 Å². The van der Waals surface area contributed by atoms with Crippen molar-refractivity contribution in [2.45, 2.75) is 25.9 Å². The molecule has 1 aliphatic heterocycles. The average molecular weight is 292 g/mol. The predicted molar refractivity (Wildman–Crippen MR) is 81.7 cm³/mol.